The van der Waals surface area contributed by atoms with Crippen molar-refractivity contribution in [2.24, 2.45) is 5.92 Å². The van der Waals surface area contributed by atoms with Gasteiger partial charge in [0.15, 0.2) is 5.92 Å². The van der Waals surface area contributed by atoms with E-state index in [-0.39, 0.29) is 18.3 Å². The molecule has 5 rings (SSSR count). The number of allylic oxidation sites excluding steroid dienone is 2. The molecule has 8 heteroatoms. The number of hydrogen-bond donors (Lipinski definition) is 1. The van der Waals surface area contributed by atoms with Crippen LogP contribution in [0.4, 0.5) is 4.39 Å². The van der Waals surface area contributed by atoms with E-state index in [0.29, 0.717) is 21.7 Å². The van der Waals surface area contributed by atoms with Crippen molar-refractivity contribution in [3.05, 3.63) is 95.5 Å². The SMILES string of the molecule is CC(C)(C)OC(=O)C(CCc1ccc(-c2nc3ccc(C4(c5ccccc5)C=C4)nc3s2)c(F)c1)C(=O)O. The highest BCUT2D eigenvalue weighted by Gasteiger charge is 2.39. The second kappa shape index (κ2) is 9.76. The van der Waals surface area contributed by atoms with E-state index < -0.39 is 29.3 Å². The maximum absolute atomic E-state index is 15.2. The topological polar surface area (TPSA) is 89.4 Å². The summed E-state index contributed by atoms with van der Waals surface area (Å²) < 4.78 is 20.4. The third kappa shape index (κ3) is 5.22. The first kappa shape index (κ1) is 25.7. The van der Waals surface area contributed by atoms with E-state index >= 15 is 4.39 Å². The van der Waals surface area contributed by atoms with Crippen LogP contribution in [0.3, 0.4) is 0 Å². The van der Waals surface area contributed by atoms with E-state index in [9.17, 15) is 14.7 Å². The van der Waals surface area contributed by atoms with E-state index in [2.05, 4.69) is 29.3 Å². The summed E-state index contributed by atoms with van der Waals surface area (Å²) >= 11 is 1.33. The molecule has 1 N–H and O–H groups in total. The van der Waals surface area contributed by atoms with E-state index in [1.807, 2.05) is 30.3 Å². The van der Waals surface area contributed by atoms with Crippen LogP contribution in [0.1, 0.15) is 44.0 Å². The summed E-state index contributed by atoms with van der Waals surface area (Å²) in [5.74, 6) is -3.83. The Bertz CT molecular complexity index is 1550. The van der Waals surface area contributed by atoms with Crippen LogP contribution in [0.15, 0.2) is 72.8 Å². The molecule has 1 aliphatic rings. The Balaban J connectivity index is 1.34. The second-order valence-electron chi connectivity index (χ2n) is 10.4. The van der Waals surface area contributed by atoms with Crippen LogP contribution >= 0.6 is 11.3 Å². The van der Waals surface area contributed by atoms with Gasteiger partial charge >= 0.3 is 11.9 Å². The summed E-state index contributed by atoms with van der Waals surface area (Å²) in [6, 6.07) is 18.8. The summed E-state index contributed by atoms with van der Waals surface area (Å²) in [4.78, 5) is 34.1. The molecule has 194 valence electrons. The Morgan fingerprint density at radius 3 is 2.42 bits per heavy atom. The summed E-state index contributed by atoms with van der Waals surface area (Å²) in [6.45, 7) is 5.04. The predicted molar refractivity (Wildman–Crippen MR) is 144 cm³/mol. The van der Waals surface area contributed by atoms with Crippen LogP contribution in [0.2, 0.25) is 0 Å². The van der Waals surface area contributed by atoms with Gasteiger partial charge in [0.05, 0.1) is 11.1 Å². The van der Waals surface area contributed by atoms with Gasteiger partial charge in [-0.2, -0.15) is 0 Å². The fourth-order valence-electron chi connectivity index (χ4n) is 4.38. The average Bonchev–Trinajstić information content (AvgIpc) is 3.56. The highest BCUT2D eigenvalue weighted by molar-refractivity contribution is 7.21. The number of carbonyl (C=O) groups excluding carboxylic acids is 1. The number of rotatable bonds is 8. The number of thiazole rings is 1. The minimum Gasteiger partial charge on any atom is -0.481 e. The van der Waals surface area contributed by atoms with Gasteiger partial charge in [0.2, 0.25) is 0 Å². The summed E-state index contributed by atoms with van der Waals surface area (Å²) in [5.41, 5.74) is 2.59. The number of aliphatic carboxylic acids is 1. The van der Waals surface area contributed by atoms with Crippen LogP contribution < -0.4 is 0 Å². The lowest BCUT2D eigenvalue weighted by Gasteiger charge is -2.22. The Morgan fingerprint density at radius 2 is 1.79 bits per heavy atom. The summed E-state index contributed by atoms with van der Waals surface area (Å²) in [7, 11) is 0. The van der Waals surface area contributed by atoms with Gasteiger partial charge in [-0.25, -0.2) is 14.4 Å². The molecular weight excluding hydrogens is 503 g/mol. The maximum Gasteiger partial charge on any atom is 0.320 e. The summed E-state index contributed by atoms with van der Waals surface area (Å²) in [6.07, 6.45) is 4.46. The smallest absolute Gasteiger partial charge is 0.320 e. The molecule has 0 spiro atoms. The molecule has 38 heavy (non-hydrogen) atoms. The molecule has 0 saturated heterocycles. The molecule has 1 unspecified atom stereocenters. The molecule has 4 aromatic rings. The van der Waals surface area contributed by atoms with Gasteiger partial charge in [0.25, 0.3) is 0 Å². The van der Waals surface area contributed by atoms with Gasteiger partial charge in [0.1, 0.15) is 26.8 Å². The monoisotopic (exact) mass is 530 g/mol. The van der Waals surface area contributed by atoms with Gasteiger partial charge in [0, 0.05) is 5.56 Å². The number of esters is 1. The largest absolute Gasteiger partial charge is 0.481 e. The molecule has 1 aliphatic carbocycles. The minimum absolute atomic E-state index is 0.00800. The lowest BCUT2D eigenvalue weighted by atomic mass is 9.89. The Morgan fingerprint density at radius 1 is 1.05 bits per heavy atom. The predicted octanol–water partition coefficient (Wildman–Crippen LogP) is 6.33. The first-order valence-corrected chi connectivity index (χ1v) is 13.2. The molecule has 1 atom stereocenters. The van der Waals surface area contributed by atoms with Gasteiger partial charge < -0.3 is 9.84 Å². The third-order valence-corrected chi connectivity index (χ3v) is 7.40. The lowest BCUT2D eigenvalue weighted by Crippen LogP contribution is -2.33. The van der Waals surface area contributed by atoms with Crippen molar-refractivity contribution in [3.63, 3.8) is 0 Å². The zero-order valence-electron chi connectivity index (χ0n) is 21.3. The fourth-order valence-corrected chi connectivity index (χ4v) is 5.35. The molecule has 2 heterocycles. The van der Waals surface area contributed by atoms with Crippen molar-refractivity contribution in [2.75, 3.05) is 0 Å². The third-order valence-electron chi connectivity index (χ3n) is 6.41. The number of ether oxygens (including phenoxy) is 1. The average molecular weight is 531 g/mol. The summed E-state index contributed by atoms with van der Waals surface area (Å²) in [5, 5.41) is 10.00. The van der Waals surface area contributed by atoms with Crippen molar-refractivity contribution >= 4 is 33.6 Å². The number of hydrogen-bond acceptors (Lipinski definition) is 6. The highest BCUT2D eigenvalue weighted by atomic mass is 32.1. The second-order valence-corrected chi connectivity index (χ2v) is 11.4. The van der Waals surface area contributed by atoms with E-state index in [1.54, 1.807) is 32.9 Å². The first-order valence-electron chi connectivity index (χ1n) is 12.3. The Kier molecular flexibility index (Phi) is 6.61. The van der Waals surface area contributed by atoms with Crippen molar-refractivity contribution in [1.82, 2.24) is 9.97 Å². The number of halogens is 1. The van der Waals surface area contributed by atoms with Gasteiger partial charge in [-0.15, -0.1) is 0 Å². The van der Waals surface area contributed by atoms with Crippen molar-refractivity contribution in [2.45, 2.75) is 44.6 Å². The maximum atomic E-state index is 15.2. The molecule has 2 aromatic heterocycles. The molecule has 0 aliphatic heterocycles. The van der Waals surface area contributed by atoms with Gasteiger partial charge in [-0.05, 0) is 69.0 Å². The van der Waals surface area contributed by atoms with Crippen molar-refractivity contribution in [3.8, 4) is 10.6 Å². The van der Waals surface area contributed by atoms with Crippen LogP contribution in [-0.4, -0.2) is 32.6 Å². The normalized spacial score (nSPS) is 14.8. The van der Waals surface area contributed by atoms with Crippen LogP contribution in [0, 0.1) is 11.7 Å². The van der Waals surface area contributed by atoms with Crippen LogP contribution in [-0.2, 0) is 26.2 Å². The molecule has 0 radical (unpaired) electrons. The van der Waals surface area contributed by atoms with Crippen molar-refractivity contribution < 1.29 is 23.8 Å². The number of aryl methyl sites for hydroxylation is 1. The molecule has 6 nitrogen and oxygen atoms in total. The van der Waals surface area contributed by atoms with Crippen LogP contribution in [0.25, 0.3) is 20.9 Å². The highest BCUT2D eigenvalue weighted by Crippen LogP contribution is 2.45. The minimum atomic E-state index is -1.32. The van der Waals surface area contributed by atoms with E-state index in [1.165, 1.54) is 17.4 Å². The number of fused-ring (bicyclic) bond motifs is 1. The number of aromatic nitrogens is 2. The van der Waals surface area contributed by atoms with Gasteiger partial charge in [-0.3, -0.25) is 9.59 Å². The number of pyridine rings is 1. The standard InChI is InChI=1S/C30H27FN2O4S/c1-29(2,3)37-28(36)21(27(34)35)12-10-18-9-11-20(22(31)17-18)25-32-23-13-14-24(33-26(23)38-25)30(15-16-30)19-7-5-4-6-8-19/h4-9,11,13-17,21H,10,12H2,1-3H3,(H,34,35). The number of benzene rings is 2. The Hall–Kier alpha value is -3.91. The van der Waals surface area contributed by atoms with Crippen molar-refractivity contribution in [1.29, 1.82) is 0 Å². The fraction of sp³-hybridized carbons (Fsp3) is 0.267. The molecule has 0 saturated carbocycles. The number of carbonyl (C=O) groups is 2. The molecule has 0 fully saturated rings. The lowest BCUT2D eigenvalue weighted by molar-refractivity contribution is -0.167. The Labute approximate surface area is 223 Å². The molecule has 2 aromatic carbocycles. The zero-order chi connectivity index (χ0) is 27.1. The molecule has 0 bridgehead atoms. The zero-order valence-corrected chi connectivity index (χ0v) is 22.1. The van der Waals surface area contributed by atoms with E-state index in [4.69, 9.17) is 9.72 Å². The van der Waals surface area contributed by atoms with E-state index in [0.717, 1.165) is 16.1 Å². The number of carboxylic acid groups (broad SMARTS) is 1. The number of nitrogens with zero attached hydrogens (tertiary/aromatic N) is 2. The van der Waals surface area contributed by atoms with Gasteiger partial charge in [-0.1, -0.05) is 59.9 Å². The number of carboxylic acids is 1. The first-order chi connectivity index (χ1) is 18.1. The molecule has 0 amide bonds. The molecular formula is C30H27FN2O4S. The quantitative estimate of drug-likeness (QED) is 0.163. The van der Waals surface area contributed by atoms with Crippen LogP contribution in [0.5, 0.6) is 0 Å².